The Hall–Kier alpha value is -4.11. The minimum atomic E-state index is -1.44. The van der Waals surface area contributed by atoms with Crippen LogP contribution < -0.4 is 27.4 Å². The number of hydrogen-bond donors (Lipinski definition) is 8. The maximum Gasteiger partial charge on any atom is 0.326 e. The topological polar surface area (TPSA) is 243 Å². The van der Waals surface area contributed by atoms with Crippen molar-refractivity contribution >= 4 is 41.4 Å². The van der Waals surface area contributed by atoms with E-state index >= 15 is 0 Å². The zero-order valence-electron chi connectivity index (χ0n) is 22.0. The van der Waals surface area contributed by atoms with E-state index in [0.29, 0.717) is 23.4 Å². The smallest absolute Gasteiger partial charge is 0.326 e. The Morgan fingerprint density at radius 1 is 0.950 bits per heavy atom. The Morgan fingerprint density at radius 3 is 2.10 bits per heavy atom. The lowest BCUT2D eigenvalue weighted by Gasteiger charge is -2.25. The standard InChI is InChI=1S/C25H35N7O7S/c1-40-9-8-17(26)22(35)31-20(11-15-12-28-13-29-15)24(37)32-19(10-14-2-4-16(33)5-3-14)23(36)30-18(25(38)39)6-7-21(27)34/h2-5,12-13,17-20,33H,6-11,26H2,1H3,(H2,27,34)(H,28,29)(H,30,36)(H,31,35)(H,32,37)(H,38,39). The largest absolute Gasteiger partial charge is 0.508 e. The highest BCUT2D eigenvalue weighted by Crippen LogP contribution is 2.12. The van der Waals surface area contributed by atoms with Gasteiger partial charge in [0.15, 0.2) is 0 Å². The van der Waals surface area contributed by atoms with Crippen molar-refractivity contribution in [1.29, 1.82) is 0 Å². The predicted octanol–water partition coefficient (Wildman–Crippen LogP) is -1.21. The van der Waals surface area contributed by atoms with Gasteiger partial charge in [0, 0.05) is 31.2 Å². The summed E-state index contributed by atoms with van der Waals surface area (Å²) in [6.45, 7) is 0. The third-order valence-corrected chi connectivity index (χ3v) is 6.53. The number of H-pyrrole nitrogens is 1. The number of rotatable bonds is 17. The number of hydrogen-bond acceptors (Lipinski definition) is 9. The Morgan fingerprint density at radius 2 is 1.55 bits per heavy atom. The molecule has 40 heavy (non-hydrogen) atoms. The quantitative estimate of drug-likeness (QED) is 0.111. The van der Waals surface area contributed by atoms with Crippen LogP contribution in [0.1, 0.15) is 30.5 Å². The summed E-state index contributed by atoms with van der Waals surface area (Å²) < 4.78 is 0. The molecule has 1 aromatic heterocycles. The highest BCUT2D eigenvalue weighted by atomic mass is 32.2. The van der Waals surface area contributed by atoms with Gasteiger partial charge in [-0.2, -0.15) is 11.8 Å². The number of carbonyl (C=O) groups excluding carboxylic acids is 4. The van der Waals surface area contributed by atoms with Crippen molar-refractivity contribution in [3.63, 3.8) is 0 Å². The second-order valence-corrected chi connectivity index (χ2v) is 10.1. The second kappa shape index (κ2) is 16.1. The molecule has 2 rings (SSSR count). The molecule has 0 spiro atoms. The van der Waals surface area contributed by atoms with E-state index in [9.17, 15) is 34.2 Å². The molecule has 0 bridgehead atoms. The van der Waals surface area contributed by atoms with Crippen LogP contribution in [0.25, 0.3) is 0 Å². The number of carbonyl (C=O) groups is 5. The number of phenols is 1. The first-order valence-corrected chi connectivity index (χ1v) is 13.8. The fourth-order valence-corrected chi connectivity index (χ4v) is 4.14. The van der Waals surface area contributed by atoms with Crippen LogP contribution in [0.2, 0.25) is 0 Å². The van der Waals surface area contributed by atoms with E-state index in [1.165, 1.54) is 48.6 Å². The summed E-state index contributed by atoms with van der Waals surface area (Å²) in [4.78, 5) is 69.0. The molecule has 0 aliphatic rings. The number of aromatic amines is 1. The highest BCUT2D eigenvalue weighted by Gasteiger charge is 2.31. The number of nitrogens with one attached hydrogen (secondary N) is 4. The van der Waals surface area contributed by atoms with Crippen LogP contribution in [0.15, 0.2) is 36.8 Å². The maximum absolute atomic E-state index is 13.4. The number of carboxylic acids is 1. The number of aromatic nitrogens is 2. The number of nitrogens with zero attached hydrogens (tertiary/aromatic N) is 1. The van der Waals surface area contributed by atoms with Crippen molar-refractivity contribution < 1.29 is 34.2 Å². The first kappa shape index (κ1) is 32.1. The molecule has 0 radical (unpaired) electrons. The van der Waals surface area contributed by atoms with Gasteiger partial charge in [-0.3, -0.25) is 19.2 Å². The van der Waals surface area contributed by atoms with Crippen molar-refractivity contribution in [1.82, 2.24) is 25.9 Å². The van der Waals surface area contributed by atoms with Crippen molar-refractivity contribution in [2.45, 2.75) is 56.3 Å². The van der Waals surface area contributed by atoms with Gasteiger partial charge < -0.3 is 42.6 Å². The van der Waals surface area contributed by atoms with Gasteiger partial charge in [0.05, 0.1) is 12.4 Å². The SMILES string of the molecule is CSCCC(N)C(=O)NC(Cc1cnc[nH]1)C(=O)NC(Cc1ccc(O)cc1)C(=O)NC(CCC(N)=O)C(=O)O. The molecule has 0 aliphatic heterocycles. The molecule has 15 heteroatoms. The van der Waals surface area contributed by atoms with Crippen molar-refractivity contribution in [2.75, 3.05) is 12.0 Å². The molecule has 0 saturated heterocycles. The average Bonchev–Trinajstić information content (AvgIpc) is 3.42. The van der Waals surface area contributed by atoms with Crippen LogP contribution in [0.3, 0.4) is 0 Å². The van der Waals surface area contributed by atoms with E-state index in [1.807, 2.05) is 6.26 Å². The average molecular weight is 578 g/mol. The number of aliphatic carboxylic acids is 1. The van der Waals surface area contributed by atoms with Crippen LogP contribution in [0.4, 0.5) is 0 Å². The van der Waals surface area contributed by atoms with E-state index in [-0.39, 0.29) is 31.4 Å². The Kier molecular flexibility index (Phi) is 12.9. The van der Waals surface area contributed by atoms with Gasteiger partial charge in [0.25, 0.3) is 0 Å². The van der Waals surface area contributed by atoms with E-state index in [0.717, 1.165) is 0 Å². The molecule has 4 amide bonds. The molecule has 1 heterocycles. The van der Waals surface area contributed by atoms with Crippen LogP contribution in [0, 0.1) is 0 Å². The number of nitrogens with two attached hydrogens (primary N) is 2. The molecule has 0 saturated carbocycles. The van der Waals surface area contributed by atoms with Gasteiger partial charge in [-0.05, 0) is 42.5 Å². The molecule has 0 fully saturated rings. The minimum Gasteiger partial charge on any atom is -0.508 e. The number of phenolic OH excluding ortho intramolecular Hbond substituents is 1. The zero-order chi connectivity index (χ0) is 29.7. The van der Waals surface area contributed by atoms with Crippen LogP contribution >= 0.6 is 11.8 Å². The van der Waals surface area contributed by atoms with Gasteiger partial charge in [-0.1, -0.05) is 12.1 Å². The Bertz CT molecular complexity index is 1140. The highest BCUT2D eigenvalue weighted by molar-refractivity contribution is 7.98. The minimum absolute atomic E-state index is 0.00803. The number of thioether (sulfide) groups is 1. The second-order valence-electron chi connectivity index (χ2n) is 9.07. The van der Waals surface area contributed by atoms with Crippen LogP contribution in [-0.4, -0.2) is 86.0 Å². The van der Waals surface area contributed by atoms with Crippen LogP contribution in [0.5, 0.6) is 5.75 Å². The van der Waals surface area contributed by atoms with Crippen molar-refractivity contribution in [3.8, 4) is 5.75 Å². The fraction of sp³-hybridized carbons (Fsp3) is 0.440. The third kappa shape index (κ3) is 10.9. The lowest BCUT2D eigenvalue weighted by atomic mass is 10.0. The monoisotopic (exact) mass is 577 g/mol. The number of primary amides is 1. The fourth-order valence-electron chi connectivity index (χ4n) is 3.65. The summed E-state index contributed by atoms with van der Waals surface area (Å²) in [7, 11) is 0. The van der Waals surface area contributed by atoms with Gasteiger partial charge in [-0.25, -0.2) is 9.78 Å². The van der Waals surface area contributed by atoms with E-state index in [1.54, 1.807) is 0 Å². The summed E-state index contributed by atoms with van der Waals surface area (Å²) in [5.74, 6) is -3.58. The number of benzene rings is 1. The molecular weight excluding hydrogens is 542 g/mol. The molecule has 2 aromatic rings. The third-order valence-electron chi connectivity index (χ3n) is 5.88. The van der Waals surface area contributed by atoms with Crippen molar-refractivity contribution in [2.24, 2.45) is 11.5 Å². The number of imidazole rings is 1. The normalized spacial score (nSPS) is 13.8. The summed E-state index contributed by atoms with van der Waals surface area (Å²) in [5, 5.41) is 26.7. The van der Waals surface area contributed by atoms with Gasteiger partial charge in [0.1, 0.15) is 23.9 Å². The molecule has 1 aromatic carbocycles. The first-order chi connectivity index (χ1) is 19.0. The maximum atomic E-state index is 13.4. The summed E-state index contributed by atoms with van der Waals surface area (Å²) in [6.07, 6.45) is 4.57. The predicted molar refractivity (Wildman–Crippen MR) is 147 cm³/mol. The Balaban J connectivity index is 2.27. The molecule has 218 valence electrons. The van der Waals surface area contributed by atoms with Crippen LogP contribution in [-0.2, 0) is 36.8 Å². The molecular formula is C25H35N7O7S. The van der Waals surface area contributed by atoms with Gasteiger partial charge in [0.2, 0.25) is 23.6 Å². The summed E-state index contributed by atoms with van der Waals surface area (Å²) >= 11 is 1.52. The molecule has 4 atom stereocenters. The number of aromatic hydroxyl groups is 1. The zero-order valence-corrected chi connectivity index (χ0v) is 22.8. The lowest BCUT2D eigenvalue weighted by molar-refractivity contribution is -0.142. The first-order valence-electron chi connectivity index (χ1n) is 12.4. The van der Waals surface area contributed by atoms with Gasteiger partial charge in [-0.15, -0.1) is 0 Å². The Labute approximate surface area is 235 Å². The number of carboxylic acid groups (broad SMARTS) is 1. The van der Waals surface area contributed by atoms with Gasteiger partial charge >= 0.3 is 5.97 Å². The molecule has 4 unspecified atom stereocenters. The van der Waals surface area contributed by atoms with E-state index < -0.39 is 53.8 Å². The molecule has 0 aliphatic carbocycles. The van der Waals surface area contributed by atoms with Crippen molar-refractivity contribution in [3.05, 3.63) is 48.0 Å². The summed E-state index contributed by atoms with van der Waals surface area (Å²) in [6, 6.07) is 1.16. The summed E-state index contributed by atoms with van der Waals surface area (Å²) in [5.41, 5.74) is 12.2. The number of amides is 4. The van der Waals surface area contributed by atoms with E-state index in [2.05, 4.69) is 25.9 Å². The lowest BCUT2D eigenvalue weighted by Crippen LogP contribution is -2.58. The van der Waals surface area contributed by atoms with E-state index in [4.69, 9.17) is 11.5 Å². The molecule has 14 nitrogen and oxygen atoms in total. The molecule has 10 N–H and O–H groups in total.